The molecule has 0 unspecified atom stereocenters. The Balaban J connectivity index is 0.00000364. The number of aryl methyl sites for hydroxylation is 2. The second kappa shape index (κ2) is 12.0. The Bertz CT molecular complexity index is 713. The van der Waals surface area contributed by atoms with Gasteiger partial charge in [-0.15, -0.1) is 34.2 Å². The maximum atomic E-state index is 5.40. The third kappa shape index (κ3) is 7.13. The third-order valence-corrected chi connectivity index (χ3v) is 4.24. The van der Waals surface area contributed by atoms with Crippen molar-refractivity contribution in [2.45, 2.75) is 40.3 Å². The fraction of sp³-hybridized carbons (Fsp3) is 0.611. The molecule has 9 heteroatoms. The van der Waals surface area contributed by atoms with Crippen LogP contribution in [0.5, 0.6) is 0 Å². The van der Waals surface area contributed by atoms with Crippen molar-refractivity contribution in [1.29, 1.82) is 0 Å². The molecule has 0 saturated heterocycles. The zero-order valence-electron chi connectivity index (χ0n) is 16.9. The summed E-state index contributed by atoms with van der Waals surface area (Å²) >= 11 is 0. The molecular weight excluding hydrogens is 459 g/mol. The summed E-state index contributed by atoms with van der Waals surface area (Å²) in [5.74, 6) is 3.46. The summed E-state index contributed by atoms with van der Waals surface area (Å²) in [6.45, 7) is 9.38. The van der Waals surface area contributed by atoms with Crippen molar-refractivity contribution in [3.63, 3.8) is 0 Å². The van der Waals surface area contributed by atoms with Gasteiger partial charge in [0.15, 0.2) is 11.8 Å². The molecule has 152 valence electrons. The van der Waals surface area contributed by atoms with Crippen molar-refractivity contribution >= 4 is 29.9 Å². The highest BCUT2D eigenvalue weighted by Gasteiger charge is 2.11. The highest BCUT2D eigenvalue weighted by molar-refractivity contribution is 14.0. The van der Waals surface area contributed by atoms with E-state index < -0.39 is 0 Å². The van der Waals surface area contributed by atoms with E-state index >= 15 is 0 Å². The summed E-state index contributed by atoms with van der Waals surface area (Å²) in [5.41, 5.74) is 1.14. The first-order valence-corrected chi connectivity index (χ1v) is 8.98. The van der Waals surface area contributed by atoms with E-state index in [9.17, 15) is 0 Å². The normalized spacial score (nSPS) is 11.4. The van der Waals surface area contributed by atoms with Gasteiger partial charge in [-0.1, -0.05) is 0 Å². The molecule has 0 radical (unpaired) electrons. The van der Waals surface area contributed by atoms with Crippen LogP contribution in [0.2, 0.25) is 0 Å². The Kier molecular flexibility index (Phi) is 10.4. The summed E-state index contributed by atoms with van der Waals surface area (Å²) in [4.78, 5) is 6.82. The van der Waals surface area contributed by atoms with Crippen molar-refractivity contribution in [2.24, 2.45) is 12.0 Å². The number of guanidine groups is 1. The molecule has 0 spiro atoms. The molecule has 0 aromatic carbocycles. The molecule has 2 heterocycles. The first-order chi connectivity index (χ1) is 12.5. The summed E-state index contributed by atoms with van der Waals surface area (Å²) in [7, 11) is 3.97. The minimum absolute atomic E-state index is 0. The molecule has 0 fully saturated rings. The van der Waals surface area contributed by atoms with Crippen molar-refractivity contribution < 1.29 is 9.15 Å². The van der Waals surface area contributed by atoms with Gasteiger partial charge in [0.1, 0.15) is 18.1 Å². The molecule has 2 rings (SSSR count). The lowest BCUT2D eigenvalue weighted by atomic mass is 10.2. The molecule has 0 atom stereocenters. The van der Waals surface area contributed by atoms with Gasteiger partial charge >= 0.3 is 0 Å². The van der Waals surface area contributed by atoms with Gasteiger partial charge in [-0.25, -0.2) is 4.99 Å². The number of hydrogen-bond acceptors (Lipinski definition) is 5. The van der Waals surface area contributed by atoms with Crippen molar-refractivity contribution in [3.8, 4) is 0 Å². The molecule has 0 aliphatic rings. The molecule has 0 saturated carbocycles. The summed E-state index contributed by atoms with van der Waals surface area (Å²) in [6.07, 6.45) is 2.64. The van der Waals surface area contributed by atoms with E-state index in [1.54, 1.807) is 6.26 Å². The van der Waals surface area contributed by atoms with Gasteiger partial charge in [-0.05, 0) is 33.3 Å². The lowest BCUT2D eigenvalue weighted by molar-refractivity contribution is 0.145. The van der Waals surface area contributed by atoms with Crippen LogP contribution in [0, 0.1) is 13.8 Å². The molecule has 2 aromatic rings. The smallest absolute Gasteiger partial charge is 0.194 e. The van der Waals surface area contributed by atoms with Gasteiger partial charge in [0.25, 0.3) is 0 Å². The number of furan rings is 1. The average molecular weight is 490 g/mol. The Morgan fingerprint density at radius 3 is 2.74 bits per heavy atom. The fourth-order valence-corrected chi connectivity index (χ4v) is 2.47. The predicted octanol–water partition coefficient (Wildman–Crippen LogP) is 2.65. The monoisotopic (exact) mass is 490 g/mol. The van der Waals surface area contributed by atoms with E-state index in [4.69, 9.17) is 14.1 Å². The SMILES string of the molecule is CCOCCCNC(=NCc1nnc(C)n1C)N(C)Cc1ccoc1C.I. The number of halogens is 1. The van der Waals surface area contributed by atoms with Crippen molar-refractivity contribution in [1.82, 2.24) is 25.0 Å². The maximum Gasteiger partial charge on any atom is 0.194 e. The zero-order chi connectivity index (χ0) is 18.9. The standard InChI is InChI=1S/C18H30N6O2.HI/c1-6-25-10-7-9-19-18(20-12-17-22-21-15(3)24(17)5)23(4)13-16-8-11-26-14(16)2;/h8,11H,6-7,9-10,12-13H2,1-5H3,(H,19,20);1H. The highest BCUT2D eigenvalue weighted by atomic mass is 127. The van der Waals surface area contributed by atoms with Crippen LogP contribution in [0.15, 0.2) is 21.7 Å². The van der Waals surface area contributed by atoms with Gasteiger partial charge in [0.05, 0.1) is 6.26 Å². The average Bonchev–Trinajstić information content (AvgIpc) is 3.17. The predicted molar refractivity (Wildman–Crippen MR) is 116 cm³/mol. The molecule has 0 amide bonds. The molecule has 0 bridgehead atoms. The second-order valence-electron chi connectivity index (χ2n) is 6.20. The fourth-order valence-electron chi connectivity index (χ4n) is 2.47. The molecule has 27 heavy (non-hydrogen) atoms. The number of aliphatic imine (C=N–C) groups is 1. The zero-order valence-corrected chi connectivity index (χ0v) is 19.2. The minimum Gasteiger partial charge on any atom is -0.469 e. The lowest BCUT2D eigenvalue weighted by Gasteiger charge is -2.22. The van der Waals surface area contributed by atoms with Crippen LogP contribution in [-0.2, 0) is 24.9 Å². The Morgan fingerprint density at radius 2 is 2.15 bits per heavy atom. The minimum atomic E-state index is 0. The largest absolute Gasteiger partial charge is 0.469 e. The molecular formula is C18H31IN6O2. The summed E-state index contributed by atoms with van der Waals surface area (Å²) < 4.78 is 12.7. The van der Waals surface area contributed by atoms with Crippen LogP contribution in [0.3, 0.4) is 0 Å². The Hall–Kier alpha value is -1.62. The molecule has 0 aliphatic carbocycles. The van der Waals surface area contributed by atoms with E-state index in [0.717, 1.165) is 61.7 Å². The van der Waals surface area contributed by atoms with Gasteiger partial charge in [-0.2, -0.15) is 0 Å². The number of ether oxygens (including phenoxy) is 1. The van der Waals surface area contributed by atoms with Crippen LogP contribution in [0.4, 0.5) is 0 Å². The van der Waals surface area contributed by atoms with E-state index in [1.807, 2.05) is 45.5 Å². The summed E-state index contributed by atoms with van der Waals surface area (Å²) in [6, 6.07) is 1.99. The van der Waals surface area contributed by atoms with Gasteiger partial charge in [0.2, 0.25) is 0 Å². The number of nitrogens with zero attached hydrogens (tertiary/aromatic N) is 5. The lowest BCUT2D eigenvalue weighted by Crippen LogP contribution is -2.39. The van der Waals surface area contributed by atoms with Crippen molar-refractivity contribution in [2.75, 3.05) is 26.8 Å². The van der Waals surface area contributed by atoms with Gasteiger partial charge in [-0.3, -0.25) is 0 Å². The van der Waals surface area contributed by atoms with Crippen LogP contribution >= 0.6 is 24.0 Å². The first-order valence-electron chi connectivity index (χ1n) is 8.98. The quantitative estimate of drug-likeness (QED) is 0.252. The number of rotatable bonds is 9. The Morgan fingerprint density at radius 1 is 1.37 bits per heavy atom. The van der Waals surface area contributed by atoms with Crippen LogP contribution in [-0.4, -0.2) is 52.4 Å². The number of hydrogen-bond donors (Lipinski definition) is 1. The molecule has 8 nitrogen and oxygen atoms in total. The van der Waals surface area contributed by atoms with E-state index in [0.29, 0.717) is 6.54 Å². The van der Waals surface area contributed by atoms with Gasteiger partial charge in [0, 0.05) is 46.0 Å². The maximum absolute atomic E-state index is 5.40. The highest BCUT2D eigenvalue weighted by Crippen LogP contribution is 2.11. The Labute approximate surface area is 178 Å². The van der Waals surface area contributed by atoms with Crippen molar-refractivity contribution in [3.05, 3.63) is 35.3 Å². The number of nitrogens with one attached hydrogen (secondary N) is 1. The molecule has 1 N–H and O–H groups in total. The first kappa shape index (κ1) is 23.4. The molecule has 2 aromatic heterocycles. The van der Waals surface area contributed by atoms with E-state index in [2.05, 4.69) is 20.4 Å². The van der Waals surface area contributed by atoms with E-state index in [-0.39, 0.29) is 24.0 Å². The molecule has 0 aliphatic heterocycles. The van der Waals surface area contributed by atoms with Crippen LogP contribution in [0.1, 0.15) is 36.3 Å². The van der Waals surface area contributed by atoms with Crippen LogP contribution in [0.25, 0.3) is 0 Å². The van der Waals surface area contributed by atoms with E-state index in [1.165, 1.54) is 0 Å². The topological polar surface area (TPSA) is 80.7 Å². The van der Waals surface area contributed by atoms with Gasteiger partial charge < -0.3 is 23.9 Å². The van der Waals surface area contributed by atoms with Crippen LogP contribution < -0.4 is 5.32 Å². The summed E-state index contributed by atoms with van der Waals surface area (Å²) in [5, 5.41) is 11.7. The second-order valence-corrected chi connectivity index (χ2v) is 6.20. The third-order valence-electron chi connectivity index (χ3n) is 4.24. The number of aromatic nitrogens is 3.